The highest BCUT2D eigenvalue weighted by Gasteiger charge is 2.28. The number of hydrogen-bond donors (Lipinski definition) is 1. The summed E-state index contributed by atoms with van der Waals surface area (Å²) in [7, 11) is 0. The van der Waals surface area contributed by atoms with Crippen LogP contribution in [0.25, 0.3) is 0 Å². The second-order valence-electron chi connectivity index (χ2n) is 4.69. The highest BCUT2D eigenvalue weighted by atomic mass is 16.6. The molecule has 3 heterocycles. The minimum absolute atomic E-state index is 0.106. The Morgan fingerprint density at radius 2 is 2.00 bits per heavy atom. The van der Waals surface area contributed by atoms with Crippen LogP contribution in [0.1, 0.15) is 12.8 Å². The molecule has 8 nitrogen and oxygen atoms in total. The number of hydrogen-bond acceptors (Lipinski definition) is 7. The van der Waals surface area contributed by atoms with E-state index in [9.17, 15) is 10.1 Å². The van der Waals surface area contributed by atoms with Gasteiger partial charge in [-0.2, -0.15) is 0 Å². The van der Waals surface area contributed by atoms with Crippen LogP contribution in [0.5, 0.6) is 0 Å². The third-order valence-corrected chi connectivity index (χ3v) is 3.30. The van der Waals surface area contributed by atoms with E-state index in [-0.39, 0.29) is 11.5 Å². The van der Waals surface area contributed by atoms with Gasteiger partial charge in [-0.05, 0) is 25.0 Å². The maximum absolute atomic E-state index is 11.4. The number of aromatic nitrogens is 3. The lowest BCUT2D eigenvalue weighted by Gasteiger charge is -2.16. The van der Waals surface area contributed by atoms with Crippen LogP contribution in [-0.2, 0) is 0 Å². The minimum atomic E-state index is -0.446. The fourth-order valence-electron chi connectivity index (χ4n) is 2.35. The van der Waals surface area contributed by atoms with Gasteiger partial charge < -0.3 is 10.2 Å². The van der Waals surface area contributed by atoms with Crippen molar-refractivity contribution in [3.8, 4) is 0 Å². The van der Waals surface area contributed by atoms with Gasteiger partial charge in [-0.1, -0.05) is 6.07 Å². The van der Waals surface area contributed by atoms with E-state index >= 15 is 0 Å². The van der Waals surface area contributed by atoms with E-state index in [1.54, 1.807) is 24.4 Å². The lowest BCUT2D eigenvalue weighted by Crippen LogP contribution is -2.21. The fraction of sp³-hybridized carbons (Fsp3) is 0.308. The Kier molecular flexibility index (Phi) is 3.59. The van der Waals surface area contributed by atoms with E-state index in [1.807, 2.05) is 4.90 Å². The van der Waals surface area contributed by atoms with E-state index < -0.39 is 4.92 Å². The Bertz CT molecular complexity index is 642. The molecule has 1 fully saturated rings. The van der Waals surface area contributed by atoms with Gasteiger partial charge in [0.15, 0.2) is 0 Å². The molecule has 0 bridgehead atoms. The van der Waals surface area contributed by atoms with Gasteiger partial charge in [-0.3, -0.25) is 10.1 Å². The van der Waals surface area contributed by atoms with Gasteiger partial charge in [-0.15, -0.1) is 0 Å². The van der Waals surface area contributed by atoms with Crippen molar-refractivity contribution in [2.45, 2.75) is 12.8 Å². The van der Waals surface area contributed by atoms with Crippen molar-refractivity contribution < 1.29 is 4.92 Å². The summed E-state index contributed by atoms with van der Waals surface area (Å²) >= 11 is 0. The smallest absolute Gasteiger partial charge is 0.351 e. The molecule has 2 aromatic heterocycles. The first-order chi connectivity index (χ1) is 10.3. The third kappa shape index (κ3) is 2.73. The largest absolute Gasteiger partial charge is 0.353 e. The van der Waals surface area contributed by atoms with Crippen molar-refractivity contribution in [1.29, 1.82) is 0 Å². The van der Waals surface area contributed by atoms with Crippen molar-refractivity contribution in [1.82, 2.24) is 15.0 Å². The highest BCUT2D eigenvalue weighted by Crippen LogP contribution is 2.34. The summed E-state index contributed by atoms with van der Waals surface area (Å²) in [5.41, 5.74) is -0.106. The van der Waals surface area contributed by atoms with Crippen LogP contribution in [0.3, 0.4) is 0 Å². The molecule has 0 unspecified atom stereocenters. The van der Waals surface area contributed by atoms with E-state index in [2.05, 4.69) is 20.3 Å². The molecule has 3 rings (SSSR count). The first-order valence-electron chi connectivity index (χ1n) is 6.68. The Balaban J connectivity index is 1.99. The van der Waals surface area contributed by atoms with Crippen LogP contribution in [0.2, 0.25) is 0 Å². The average Bonchev–Trinajstić information content (AvgIpc) is 3.02. The van der Waals surface area contributed by atoms with Crippen molar-refractivity contribution in [2.24, 2.45) is 0 Å². The zero-order valence-electron chi connectivity index (χ0n) is 11.3. The monoisotopic (exact) mass is 286 g/mol. The molecular formula is C13H14N6O2. The standard InChI is InChI=1S/C13H14N6O2/c20-19(21)11-12(17-10-5-1-2-6-14-10)15-9-16-13(11)18-7-3-4-8-18/h1-2,5-6,9H,3-4,7-8H2,(H,14,15,16,17). The summed E-state index contributed by atoms with van der Waals surface area (Å²) < 4.78 is 0. The van der Waals surface area contributed by atoms with Crippen molar-refractivity contribution in [2.75, 3.05) is 23.3 Å². The second-order valence-corrected chi connectivity index (χ2v) is 4.69. The number of nitrogens with one attached hydrogen (secondary N) is 1. The van der Waals surface area contributed by atoms with Crippen LogP contribution in [-0.4, -0.2) is 33.0 Å². The van der Waals surface area contributed by atoms with E-state index in [1.165, 1.54) is 6.33 Å². The number of rotatable bonds is 4. The minimum Gasteiger partial charge on any atom is -0.351 e. The maximum Gasteiger partial charge on any atom is 0.353 e. The van der Waals surface area contributed by atoms with Gasteiger partial charge in [-0.25, -0.2) is 15.0 Å². The van der Waals surface area contributed by atoms with Crippen molar-refractivity contribution in [3.05, 3.63) is 40.8 Å². The van der Waals surface area contributed by atoms with Gasteiger partial charge in [0.25, 0.3) is 0 Å². The Morgan fingerprint density at radius 3 is 2.67 bits per heavy atom. The third-order valence-electron chi connectivity index (χ3n) is 3.30. The van der Waals surface area contributed by atoms with E-state index in [0.29, 0.717) is 11.6 Å². The summed E-state index contributed by atoms with van der Waals surface area (Å²) in [4.78, 5) is 25.1. The topological polar surface area (TPSA) is 97.1 Å². The van der Waals surface area contributed by atoms with E-state index in [0.717, 1.165) is 25.9 Å². The summed E-state index contributed by atoms with van der Waals surface area (Å²) in [6, 6.07) is 5.29. The number of pyridine rings is 1. The summed E-state index contributed by atoms with van der Waals surface area (Å²) in [6.45, 7) is 1.56. The molecule has 0 saturated carbocycles. The fourth-order valence-corrected chi connectivity index (χ4v) is 2.35. The molecule has 1 N–H and O–H groups in total. The lowest BCUT2D eigenvalue weighted by atomic mass is 10.3. The molecular weight excluding hydrogens is 272 g/mol. The predicted octanol–water partition coefficient (Wildman–Crippen LogP) is 2.12. The van der Waals surface area contributed by atoms with Crippen LogP contribution < -0.4 is 10.2 Å². The lowest BCUT2D eigenvalue weighted by molar-refractivity contribution is -0.383. The molecule has 8 heteroatoms. The van der Waals surface area contributed by atoms with Crippen LogP contribution in [0.4, 0.5) is 23.1 Å². The number of anilines is 3. The first-order valence-corrected chi connectivity index (χ1v) is 6.68. The summed E-state index contributed by atoms with van der Waals surface area (Å²) in [6.07, 6.45) is 4.98. The maximum atomic E-state index is 11.4. The van der Waals surface area contributed by atoms with Crippen molar-refractivity contribution in [3.63, 3.8) is 0 Å². The van der Waals surface area contributed by atoms with Gasteiger partial charge in [0.2, 0.25) is 11.6 Å². The van der Waals surface area contributed by atoms with Crippen LogP contribution >= 0.6 is 0 Å². The predicted molar refractivity (Wildman–Crippen MR) is 77.7 cm³/mol. The van der Waals surface area contributed by atoms with Crippen LogP contribution in [0, 0.1) is 10.1 Å². The van der Waals surface area contributed by atoms with Gasteiger partial charge in [0.05, 0.1) is 4.92 Å². The molecule has 1 aliphatic rings. The Hall–Kier alpha value is -2.77. The molecule has 1 aliphatic heterocycles. The molecule has 0 amide bonds. The average molecular weight is 286 g/mol. The Morgan fingerprint density at radius 1 is 1.19 bits per heavy atom. The second kappa shape index (κ2) is 5.70. The highest BCUT2D eigenvalue weighted by molar-refractivity contribution is 5.73. The molecule has 0 atom stereocenters. The number of nitrogens with zero attached hydrogens (tertiary/aromatic N) is 5. The molecule has 2 aromatic rings. The number of nitro groups is 1. The summed E-state index contributed by atoms with van der Waals surface area (Å²) in [5.74, 6) is 1.04. The molecule has 0 radical (unpaired) electrons. The van der Waals surface area contributed by atoms with Gasteiger partial charge in [0.1, 0.15) is 12.1 Å². The normalized spacial score (nSPS) is 14.2. The molecule has 0 aliphatic carbocycles. The molecule has 1 saturated heterocycles. The molecule has 0 spiro atoms. The Labute approximate surface area is 121 Å². The quantitative estimate of drug-likeness (QED) is 0.679. The van der Waals surface area contributed by atoms with Crippen molar-refractivity contribution >= 4 is 23.1 Å². The van der Waals surface area contributed by atoms with E-state index in [4.69, 9.17) is 0 Å². The molecule has 108 valence electrons. The van der Waals surface area contributed by atoms with Crippen LogP contribution in [0.15, 0.2) is 30.7 Å². The molecule has 21 heavy (non-hydrogen) atoms. The SMILES string of the molecule is O=[N+]([O-])c1c(Nc2ccccn2)ncnc1N1CCCC1. The first kappa shape index (κ1) is 13.2. The zero-order chi connectivity index (χ0) is 14.7. The zero-order valence-corrected chi connectivity index (χ0v) is 11.3. The molecule has 0 aromatic carbocycles. The van der Waals surface area contributed by atoms with Gasteiger partial charge in [0, 0.05) is 19.3 Å². The summed E-state index contributed by atoms with van der Waals surface area (Å²) in [5, 5.41) is 14.3. The van der Waals surface area contributed by atoms with Gasteiger partial charge >= 0.3 is 5.69 Å².